The third-order valence-electron chi connectivity index (χ3n) is 5.10. The van der Waals surface area contributed by atoms with Gasteiger partial charge in [-0.25, -0.2) is 4.98 Å². The number of nitrogens with zero attached hydrogens (tertiary/aromatic N) is 2. The van der Waals surface area contributed by atoms with Gasteiger partial charge in [0.25, 0.3) is 5.52 Å². The van der Waals surface area contributed by atoms with Crippen LogP contribution in [0.25, 0.3) is 27.8 Å². The summed E-state index contributed by atoms with van der Waals surface area (Å²) in [6, 6.07) is 30.0. The van der Waals surface area contributed by atoms with Crippen LogP contribution in [0.4, 0.5) is 17.1 Å². The first kappa shape index (κ1) is 17.9. The zero-order valence-corrected chi connectivity index (χ0v) is 16.5. The maximum Gasteiger partial charge on any atom is 0.261 e. The summed E-state index contributed by atoms with van der Waals surface area (Å²) in [5, 5.41) is 3.54. The minimum Gasteiger partial charge on any atom is -0.497 e. The molecule has 0 spiro atoms. The van der Waals surface area contributed by atoms with E-state index >= 15 is 0 Å². The van der Waals surface area contributed by atoms with Gasteiger partial charge in [0.15, 0.2) is 0 Å². The van der Waals surface area contributed by atoms with Crippen molar-refractivity contribution in [2.45, 2.75) is 0 Å². The van der Waals surface area contributed by atoms with E-state index in [1.165, 1.54) is 0 Å². The lowest BCUT2D eigenvalue weighted by Gasteiger charge is -2.11. The fraction of sp³-hybridized carbons (Fsp3) is 0.0400. The normalized spacial score (nSPS) is 11.0. The molecular weight excluding hydrogens is 372 g/mol. The fourth-order valence-electron chi connectivity index (χ4n) is 3.70. The molecule has 0 aliphatic heterocycles. The van der Waals surface area contributed by atoms with Crippen LogP contribution >= 0.6 is 0 Å². The summed E-state index contributed by atoms with van der Waals surface area (Å²) in [4.78, 5) is 4.90. The second-order valence-electron chi connectivity index (χ2n) is 7.06. The molecule has 0 bridgehead atoms. The molecule has 0 saturated carbocycles. The lowest BCUT2D eigenvalue weighted by molar-refractivity contribution is -0.537. The number of nitrogen functional groups attached to an aromatic ring is 1. The summed E-state index contributed by atoms with van der Waals surface area (Å²) in [5.41, 5.74) is 13.5. The predicted molar refractivity (Wildman–Crippen MR) is 121 cm³/mol. The van der Waals surface area contributed by atoms with Crippen molar-refractivity contribution >= 4 is 39.1 Å². The molecule has 0 aliphatic rings. The SMILES string of the molecule is COc1ccc(-[n+]2c3cc(N)ccc3nc3cccc(Nc4ccccc4)c32)cc1. The van der Waals surface area contributed by atoms with E-state index in [2.05, 4.69) is 16.0 Å². The predicted octanol–water partition coefficient (Wildman–Crippen LogP) is 5.00. The minimum atomic E-state index is 0.694. The molecule has 1 heterocycles. The topological polar surface area (TPSA) is 64.0 Å². The monoisotopic (exact) mass is 393 g/mol. The van der Waals surface area contributed by atoms with Crippen LogP contribution in [0.1, 0.15) is 0 Å². The van der Waals surface area contributed by atoms with Gasteiger partial charge in [0.05, 0.1) is 7.11 Å². The minimum absolute atomic E-state index is 0.694. The van der Waals surface area contributed by atoms with E-state index in [0.29, 0.717) is 5.69 Å². The molecule has 5 nitrogen and oxygen atoms in total. The number of hydrogen-bond acceptors (Lipinski definition) is 4. The first-order valence-electron chi connectivity index (χ1n) is 9.73. The summed E-state index contributed by atoms with van der Waals surface area (Å²) in [5.74, 6) is 0.809. The van der Waals surface area contributed by atoms with Crippen molar-refractivity contribution in [1.82, 2.24) is 4.98 Å². The van der Waals surface area contributed by atoms with Gasteiger partial charge in [0.2, 0.25) is 11.2 Å². The van der Waals surface area contributed by atoms with Gasteiger partial charge in [-0.05, 0) is 48.5 Å². The lowest BCUT2D eigenvalue weighted by atomic mass is 10.1. The maximum absolute atomic E-state index is 6.15. The number of fused-ring (bicyclic) bond motifs is 2. The second-order valence-corrected chi connectivity index (χ2v) is 7.06. The molecule has 5 aromatic rings. The van der Waals surface area contributed by atoms with Crippen molar-refractivity contribution in [2.24, 2.45) is 0 Å². The molecule has 5 heteroatoms. The Bertz CT molecular complexity index is 1350. The quantitative estimate of drug-likeness (QED) is 0.256. The Kier molecular flexibility index (Phi) is 4.41. The standard InChI is InChI=1S/C25H20N4O/c1-30-20-13-11-19(12-14-20)29-24-16-17(26)10-15-21(24)28-23-9-5-8-22(25(23)29)27-18-6-3-2-4-7-18/h2-16,26-27H,1H3/p+1. The Morgan fingerprint density at radius 2 is 1.63 bits per heavy atom. The van der Waals surface area contributed by atoms with Crippen LogP contribution in [0.15, 0.2) is 91.0 Å². The molecule has 0 amide bonds. The van der Waals surface area contributed by atoms with Crippen molar-refractivity contribution in [3.63, 3.8) is 0 Å². The number of nitrogens with two attached hydrogens (primary N) is 1. The number of rotatable bonds is 4. The first-order valence-corrected chi connectivity index (χ1v) is 9.73. The summed E-state index contributed by atoms with van der Waals surface area (Å²) in [6.07, 6.45) is 0. The van der Waals surface area contributed by atoms with E-state index in [9.17, 15) is 0 Å². The van der Waals surface area contributed by atoms with E-state index in [4.69, 9.17) is 15.5 Å². The fourth-order valence-corrected chi connectivity index (χ4v) is 3.70. The summed E-state index contributed by atoms with van der Waals surface area (Å²) >= 11 is 0. The molecule has 5 rings (SSSR count). The van der Waals surface area contributed by atoms with Crippen molar-refractivity contribution in [2.75, 3.05) is 18.2 Å². The van der Waals surface area contributed by atoms with Gasteiger partial charge < -0.3 is 15.8 Å². The number of methoxy groups -OCH3 is 1. The van der Waals surface area contributed by atoms with Crippen LogP contribution in [0.2, 0.25) is 0 Å². The molecule has 0 radical (unpaired) electrons. The molecule has 4 aromatic carbocycles. The van der Waals surface area contributed by atoms with Crippen LogP contribution in [-0.4, -0.2) is 12.1 Å². The summed E-state index contributed by atoms with van der Waals surface area (Å²) < 4.78 is 7.54. The molecular formula is C25H21N4O+. The Labute approximate surface area is 174 Å². The van der Waals surface area contributed by atoms with Crippen LogP contribution < -0.4 is 20.4 Å². The van der Waals surface area contributed by atoms with Gasteiger partial charge >= 0.3 is 0 Å². The molecule has 0 saturated heterocycles. The van der Waals surface area contributed by atoms with Gasteiger partial charge in [-0.1, -0.05) is 24.3 Å². The van der Waals surface area contributed by atoms with E-state index < -0.39 is 0 Å². The molecule has 0 fully saturated rings. The maximum atomic E-state index is 6.15. The zero-order valence-electron chi connectivity index (χ0n) is 16.5. The van der Waals surface area contributed by atoms with Crippen molar-refractivity contribution in [3.05, 3.63) is 91.0 Å². The Morgan fingerprint density at radius 3 is 2.40 bits per heavy atom. The van der Waals surface area contributed by atoms with Gasteiger partial charge in [-0.3, -0.25) is 0 Å². The highest BCUT2D eigenvalue weighted by molar-refractivity contribution is 5.92. The molecule has 0 aliphatic carbocycles. The van der Waals surface area contributed by atoms with Gasteiger partial charge in [-0.2, -0.15) is 0 Å². The average Bonchev–Trinajstić information content (AvgIpc) is 2.79. The van der Waals surface area contributed by atoms with E-state index in [1.54, 1.807) is 7.11 Å². The van der Waals surface area contributed by atoms with Crippen molar-refractivity contribution in [3.8, 4) is 11.4 Å². The summed E-state index contributed by atoms with van der Waals surface area (Å²) in [7, 11) is 1.67. The third kappa shape index (κ3) is 3.16. The molecule has 30 heavy (non-hydrogen) atoms. The number of aromatic nitrogens is 2. The Balaban J connectivity index is 1.84. The van der Waals surface area contributed by atoms with E-state index in [1.807, 2.05) is 84.9 Å². The highest BCUT2D eigenvalue weighted by Gasteiger charge is 2.23. The highest BCUT2D eigenvalue weighted by atomic mass is 16.5. The number of anilines is 3. The number of hydrogen-bond donors (Lipinski definition) is 2. The van der Waals surface area contributed by atoms with Crippen LogP contribution in [-0.2, 0) is 0 Å². The Hall–Kier alpha value is -4.12. The first-order chi connectivity index (χ1) is 14.7. The van der Waals surface area contributed by atoms with Crippen molar-refractivity contribution in [1.29, 1.82) is 0 Å². The summed E-state index contributed by atoms with van der Waals surface area (Å²) in [6.45, 7) is 0. The van der Waals surface area contributed by atoms with Gasteiger partial charge in [0.1, 0.15) is 22.5 Å². The number of ether oxygens (including phenoxy) is 1. The van der Waals surface area contributed by atoms with E-state index in [-0.39, 0.29) is 0 Å². The molecule has 3 N–H and O–H groups in total. The number of benzene rings is 4. The molecule has 0 unspecified atom stereocenters. The van der Waals surface area contributed by atoms with Crippen LogP contribution in [0, 0.1) is 0 Å². The number of para-hydroxylation sites is 2. The molecule has 1 aromatic heterocycles. The second kappa shape index (κ2) is 7.37. The van der Waals surface area contributed by atoms with Gasteiger partial charge in [-0.15, -0.1) is 4.57 Å². The van der Waals surface area contributed by atoms with Gasteiger partial charge in [0, 0.05) is 29.6 Å². The van der Waals surface area contributed by atoms with Crippen molar-refractivity contribution < 1.29 is 9.30 Å². The van der Waals surface area contributed by atoms with Crippen LogP contribution in [0.5, 0.6) is 5.75 Å². The molecule has 146 valence electrons. The zero-order chi connectivity index (χ0) is 20.5. The largest absolute Gasteiger partial charge is 0.497 e. The number of nitrogens with one attached hydrogen (secondary N) is 1. The highest BCUT2D eigenvalue weighted by Crippen LogP contribution is 2.27. The third-order valence-corrected chi connectivity index (χ3v) is 5.10. The lowest BCUT2D eigenvalue weighted by Crippen LogP contribution is -2.34. The van der Waals surface area contributed by atoms with E-state index in [0.717, 1.165) is 44.9 Å². The van der Waals surface area contributed by atoms with Crippen LogP contribution in [0.3, 0.4) is 0 Å². The molecule has 0 atom stereocenters. The average molecular weight is 393 g/mol. The smallest absolute Gasteiger partial charge is 0.261 e. The Morgan fingerprint density at radius 1 is 0.833 bits per heavy atom.